The molecule has 424 valence electrons. The van der Waals surface area contributed by atoms with Crippen LogP contribution in [0.2, 0.25) is 0 Å². The Labute approximate surface area is 468 Å². The first-order chi connectivity index (χ1) is 37.8. The van der Waals surface area contributed by atoms with Gasteiger partial charge in [-0.3, -0.25) is 9.59 Å². The average Bonchev–Trinajstić information content (AvgIpc) is 2.37. The molecular weight excluding hydrogens is 985 g/mol. The van der Waals surface area contributed by atoms with Crippen molar-refractivity contribution in [2.24, 2.45) is 50.2 Å². The minimum absolute atomic E-state index is 0.0292. The molecule has 7 fully saturated rings. The van der Waals surface area contributed by atoms with Crippen molar-refractivity contribution < 1.29 is 34.1 Å². The summed E-state index contributed by atoms with van der Waals surface area (Å²) < 4.78 is 14.4. The summed E-state index contributed by atoms with van der Waals surface area (Å²) in [6.45, 7) is 18.7. The molecule has 6 heterocycles. The maximum atomic E-state index is 16.0. The van der Waals surface area contributed by atoms with Crippen LogP contribution in [0.3, 0.4) is 0 Å². The number of Topliss-reactive ketones (excluding diaryl/α,β-unsaturated/α-hetero) is 2. The van der Waals surface area contributed by atoms with Gasteiger partial charge >= 0.3 is 0 Å². The van der Waals surface area contributed by atoms with Crippen LogP contribution >= 0.6 is 0 Å². The lowest BCUT2D eigenvalue weighted by Gasteiger charge is -2.76. The molecule has 3 aliphatic heterocycles. The number of aliphatic hydroxyl groups is 2. The van der Waals surface area contributed by atoms with Gasteiger partial charge in [-0.15, -0.1) is 0 Å². The lowest BCUT2D eigenvalue weighted by molar-refractivity contribution is -0.267. The van der Waals surface area contributed by atoms with Crippen molar-refractivity contribution in [1.82, 2.24) is 19.9 Å². The first kappa shape index (κ1) is 52.9. The van der Waals surface area contributed by atoms with Crippen LogP contribution in [0.25, 0.3) is 11.0 Å². The minimum Gasteiger partial charge on any atom is -0.392 e. The summed E-state index contributed by atoms with van der Waals surface area (Å²) in [7, 11) is 2.00. The molecule has 2 saturated heterocycles. The summed E-state index contributed by atoms with van der Waals surface area (Å²) in [6.07, 6.45) is 21.0. The number of aromatic nitrogens is 3. The monoisotopic (exact) mass is 1070 g/mol. The van der Waals surface area contributed by atoms with E-state index in [9.17, 15) is 15.0 Å². The van der Waals surface area contributed by atoms with E-state index >= 15 is 9.59 Å². The fourth-order valence-corrected chi connectivity index (χ4v) is 21.7. The second kappa shape index (κ2) is 18.2. The largest absolute Gasteiger partial charge is 0.392 e. The second-order valence-electron chi connectivity index (χ2n) is 29.6. The molecule has 15 unspecified atom stereocenters. The highest BCUT2D eigenvalue weighted by Gasteiger charge is 2.80. The number of ether oxygens (including phenoxy) is 2. The van der Waals surface area contributed by atoms with Crippen molar-refractivity contribution in [3.63, 3.8) is 0 Å². The van der Waals surface area contributed by atoms with Gasteiger partial charge in [0.15, 0.2) is 5.78 Å². The standard InChI is InChI=1S/C68H90N4O7/c1-62(2)61(79-62)50(75)32-63(3)20-14-41-34-71-56-46(48(37-73)44-29-42(38-12-10-9-11-13-38)28-43(30-44)39-18-26-78-27-19-39)35-72(57(41)56)36-47-52-54(63)49(74)33-66(52,6)65(5)21-16-51-64(4,23-25-69-8)60(77)53-45-17-24-70-55(45)40-15-22-68(53,31-40)67(51,7)59(65)58(47)76/h17,24,28-30,34-35,37-40,47-48,50-51,53,58-59,61,69-71,75-76H,9-16,18-23,25-27,31-33,36H2,1-8H3. The number of aliphatic hydroxyl groups excluding tert-OH is 2. The zero-order valence-electron chi connectivity index (χ0n) is 48.7. The third kappa shape index (κ3) is 7.22. The molecule has 15 atom stereocenters. The molecule has 5 saturated carbocycles. The number of fused-ring (bicyclic) bond motifs is 8. The number of epoxide rings is 1. The van der Waals surface area contributed by atoms with E-state index in [1.807, 2.05) is 20.9 Å². The first-order valence-electron chi connectivity index (χ1n) is 31.3. The predicted molar refractivity (Wildman–Crippen MR) is 306 cm³/mol. The van der Waals surface area contributed by atoms with Crippen molar-refractivity contribution in [2.75, 3.05) is 26.8 Å². The molecule has 1 spiro atoms. The summed E-state index contributed by atoms with van der Waals surface area (Å²) >= 11 is 0. The number of aromatic amines is 2. The number of aryl methyl sites for hydroxylation is 1. The predicted octanol–water partition coefficient (Wildman–Crippen LogP) is 12.0. The number of hydrogen-bond acceptors (Lipinski definition) is 8. The van der Waals surface area contributed by atoms with Crippen LogP contribution in [0.1, 0.15) is 220 Å². The quantitative estimate of drug-likeness (QED) is 0.0732. The number of rotatable bonds is 11. The fraction of sp³-hybridized carbons (Fsp3) is 0.691. The van der Waals surface area contributed by atoms with Gasteiger partial charge in [0, 0.05) is 78.3 Å². The molecule has 2 bridgehead atoms. The number of ketones is 2. The van der Waals surface area contributed by atoms with Gasteiger partial charge in [0.1, 0.15) is 18.2 Å². The molecular formula is C68H90N4O7. The average molecular weight is 1080 g/mol. The van der Waals surface area contributed by atoms with E-state index in [0.29, 0.717) is 55.8 Å². The third-order valence-corrected chi connectivity index (χ3v) is 25.7. The zero-order chi connectivity index (χ0) is 55.0. The Balaban J connectivity index is 0.962. The van der Waals surface area contributed by atoms with Gasteiger partial charge in [0.05, 0.1) is 40.7 Å². The Morgan fingerprint density at radius 1 is 0.899 bits per heavy atom. The lowest BCUT2D eigenvalue weighted by Crippen LogP contribution is -2.74. The highest BCUT2D eigenvalue weighted by Crippen LogP contribution is 2.83. The fourth-order valence-electron chi connectivity index (χ4n) is 21.7. The number of carbonyl (C=O) groups is 3. The van der Waals surface area contributed by atoms with Crippen LogP contribution in [0, 0.1) is 50.2 Å². The molecule has 11 heteroatoms. The van der Waals surface area contributed by atoms with Gasteiger partial charge in [0.2, 0.25) is 0 Å². The molecule has 79 heavy (non-hydrogen) atoms. The van der Waals surface area contributed by atoms with Crippen LogP contribution in [0.5, 0.6) is 0 Å². The molecule has 1 aromatic carbocycles. The highest BCUT2D eigenvalue weighted by atomic mass is 16.6. The number of nitrogens with zero attached hydrogens (tertiary/aromatic N) is 1. The molecule has 0 radical (unpaired) electrons. The molecule has 10 aliphatic rings. The van der Waals surface area contributed by atoms with Crippen molar-refractivity contribution in [1.29, 1.82) is 0 Å². The van der Waals surface area contributed by atoms with E-state index in [1.165, 1.54) is 60.8 Å². The van der Waals surface area contributed by atoms with Crippen LogP contribution in [0.15, 0.2) is 54.0 Å². The highest BCUT2D eigenvalue weighted by molar-refractivity contribution is 6.02. The first-order valence-corrected chi connectivity index (χ1v) is 31.3. The van der Waals surface area contributed by atoms with Crippen molar-refractivity contribution in [2.45, 2.75) is 218 Å². The van der Waals surface area contributed by atoms with E-state index < -0.39 is 56.7 Å². The number of carbonyl (C=O) groups excluding carboxylic acids is 3. The number of aldehydes is 1. The van der Waals surface area contributed by atoms with Crippen LogP contribution in [0.4, 0.5) is 0 Å². The summed E-state index contributed by atoms with van der Waals surface area (Å²) in [5, 5.41) is 30.4. The van der Waals surface area contributed by atoms with Crippen LogP contribution in [-0.2, 0) is 36.8 Å². The van der Waals surface area contributed by atoms with Gasteiger partial charge < -0.3 is 44.3 Å². The van der Waals surface area contributed by atoms with E-state index in [0.717, 1.165) is 110 Å². The molecule has 0 amide bonds. The molecule has 7 aliphatic carbocycles. The Morgan fingerprint density at radius 2 is 1.63 bits per heavy atom. The van der Waals surface area contributed by atoms with Gasteiger partial charge in [-0.25, -0.2) is 0 Å². The van der Waals surface area contributed by atoms with Crippen LogP contribution < -0.4 is 5.32 Å². The van der Waals surface area contributed by atoms with Gasteiger partial charge in [-0.1, -0.05) is 72.1 Å². The van der Waals surface area contributed by atoms with E-state index in [4.69, 9.17) is 9.47 Å². The number of benzene rings is 1. The third-order valence-electron chi connectivity index (χ3n) is 25.7. The molecule has 4 aromatic rings. The Hall–Kier alpha value is -4.13. The maximum Gasteiger partial charge on any atom is 0.160 e. The van der Waals surface area contributed by atoms with Crippen molar-refractivity contribution >= 4 is 28.9 Å². The summed E-state index contributed by atoms with van der Waals surface area (Å²) in [6, 6.07) is 9.38. The second-order valence-corrected chi connectivity index (χ2v) is 29.6. The van der Waals surface area contributed by atoms with Gasteiger partial charge in [0.25, 0.3) is 0 Å². The Morgan fingerprint density at radius 3 is 2.34 bits per heavy atom. The van der Waals surface area contributed by atoms with Gasteiger partial charge in [-0.05, 0) is 202 Å². The van der Waals surface area contributed by atoms with Crippen LogP contribution in [-0.4, -0.2) is 93.3 Å². The lowest BCUT2D eigenvalue weighted by atomic mass is 9.28. The number of H-pyrrole nitrogens is 2. The summed E-state index contributed by atoms with van der Waals surface area (Å²) in [5.41, 5.74) is 8.43. The normalized spacial score (nSPS) is 40.4. The maximum absolute atomic E-state index is 16.0. The molecule has 11 nitrogen and oxygen atoms in total. The van der Waals surface area contributed by atoms with E-state index in [-0.39, 0.29) is 35.1 Å². The smallest absolute Gasteiger partial charge is 0.160 e. The topological polar surface area (TPSA) is 162 Å². The molecule has 3 aromatic heterocycles. The van der Waals surface area contributed by atoms with Gasteiger partial charge in [-0.2, -0.15) is 0 Å². The molecule has 5 N–H and O–H groups in total. The minimum atomic E-state index is -0.858. The van der Waals surface area contributed by atoms with Crippen molar-refractivity contribution in [3.8, 4) is 0 Å². The summed E-state index contributed by atoms with van der Waals surface area (Å²) in [4.78, 5) is 53.5. The zero-order valence-corrected chi connectivity index (χ0v) is 48.7. The van der Waals surface area contributed by atoms with E-state index in [1.54, 1.807) is 0 Å². The SMILES string of the molecule is CNCCC1(C)C(=O)C2c3cc[nH]c3C3CCC2(C3)C2(C)C1CCC1(C)C2C(O)C2Cn3cc(C(C=O)c4cc(C5CCCCC5)cc(C5CCOCC5)c4)c4[nH]cc(c43)CCC(C)(CC(O)C3OC3(C)C)C3=C2C1(C)CC3=O. The molecule has 14 rings (SSSR count). The number of allylic oxidation sites excluding steroid dienone is 1. The van der Waals surface area contributed by atoms with Crippen molar-refractivity contribution in [3.05, 3.63) is 93.1 Å². The number of nitrogens with one attached hydrogen (secondary N) is 3. The Kier molecular flexibility index (Phi) is 12.2. The summed E-state index contributed by atoms with van der Waals surface area (Å²) in [5.74, 6) is 0.260. The number of hydrogen-bond donors (Lipinski definition) is 5. The Bertz CT molecular complexity index is 3130. The van der Waals surface area contributed by atoms with E-state index in [2.05, 4.69) is 97.3 Å².